The Morgan fingerprint density at radius 1 is 0.929 bits per heavy atom. The zero-order valence-corrected chi connectivity index (χ0v) is 16.8. The standard InChI is InChI=1S/C24H25NO2S/c1-2-23(19-9-5-3-6-10-19)25-24(26)20-13-15-21(16-14-20)27-17-18-28-22-11-7-4-8-12-22/h3-16,23H,2,17-18H2,1H3,(H,25,26)/t23-/m1/s1. The molecule has 28 heavy (non-hydrogen) atoms. The van der Waals surface area contributed by atoms with Crippen molar-refractivity contribution in [2.75, 3.05) is 12.4 Å². The first-order valence-electron chi connectivity index (χ1n) is 9.53. The Hall–Kier alpha value is -2.72. The van der Waals surface area contributed by atoms with Gasteiger partial charge in [0.25, 0.3) is 5.91 Å². The molecule has 0 radical (unpaired) electrons. The van der Waals surface area contributed by atoms with Crippen molar-refractivity contribution in [1.29, 1.82) is 0 Å². The predicted octanol–water partition coefficient (Wildman–Crippen LogP) is 5.74. The van der Waals surface area contributed by atoms with E-state index in [1.807, 2.05) is 72.8 Å². The number of ether oxygens (including phenoxy) is 1. The van der Waals surface area contributed by atoms with Crippen LogP contribution in [0.5, 0.6) is 5.75 Å². The van der Waals surface area contributed by atoms with Gasteiger partial charge in [0, 0.05) is 16.2 Å². The Morgan fingerprint density at radius 2 is 1.57 bits per heavy atom. The Morgan fingerprint density at radius 3 is 2.21 bits per heavy atom. The van der Waals surface area contributed by atoms with Gasteiger partial charge in [0.2, 0.25) is 0 Å². The molecule has 3 nitrogen and oxygen atoms in total. The monoisotopic (exact) mass is 391 g/mol. The molecule has 144 valence electrons. The van der Waals surface area contributed by atoms with Gasteiger partial charge in [-0.15, -0.1) is 11.8 Å². The minimum absolute atomic E-state index is 0.0136. The van der Waals surface area contributed by atoms with Crippen LogP contribution >= 0.6 is 11.8 Å². The third-order valence-corrected chi connectivity index (χ3v) is 5.37. The lowest BCUT2D eigenvalue weighted by Crippen LogP contribution is -2.28. The highest BCUT2D eigenvalue weighted by atomic mass is 32.2. The Labute approximate surface area is 171 Å². The van der Waals surface area contributed by atoms with E-state index in [0.29, 0.717) is 12.2 Å². The van der Waals surface area contributed by atoms with Gasteiger partial charge in [0.15, 0.2) is 0 Å². The van der Waals surface area contributed by atoms with Crippen LogP contribution < -0.4 is 10.1 Å². The molecule has 1 amide bonds. The maximum Gasteiger partial charge on any atom is 0.251 e. The third-order valence-electron chi connectivity index (χ3n) is 4.40. The Kier molecular flexibility index (Phi) is 7.56. The van der Waals surface area contributed by atoms with Gasteiger partial charge >= 0.3 is 0 Å². The van der Waals surface area contributed by atoms with E-state index < -0.39 is 0 Å². The molecule has 0 aromatic heterocycles. The molecule has 0 spiro atoms. The normalized spacial score (nSPS) is 11.6. The smallest absolute Gasteiger partial charge is 0.251 e. The van der Waals surface area contributed by atoms with Crippen molar-refractivity contribution < 1.29 is 9.53 Å². The van der Waals surface area contributed by atoms with Crippen LogP contribution in [0.2, 0.25) is 0 Å². The molecular weight excluding hydrogens is 366 g/mol. The molecule has 3 rings (SSSR count). The fraction of sp³-hybridized carbons (Fsp3) is 0.208. The lowest BCUT2D eigenvalue weighted by Gasteiger charge is -2.17. The number of amides is 1. The molecule has 0 saturated heterocycles. The molecule has 0 unspecified atom stereocenters. The van der Waals surface area contributed by atoms with E-state index in [1.165, 1.54) is 4.90 Å². The quantitative estimate of drug-likeness (QED) is 0.373. The lowest BCUT2D eigenvalue weighted by molar-refractivity contribution is 0.0935. The van der Waals surface area contributed by atoms with Gasteiger partial charge in [-0.3, -0.25) is 4.79 Å². The maximum atomic E-state index is 12.6. The molecule has 0 heterocycles. The van der Waals surface area contributed by atoms with Crippen LogP contribution in [0.25, 0.3) is 0 Å². The largest absolute Gasteiger partial charge is 0.493 e. The SMILES string of the molecule is CC[C@@H](NC(=O)c1ccc(OCCSc2ccccc2)cc1)c1ccccc1. The molecule has 1 N–H and O–H groups in total. The maximum absolute atomic E-state index is 12.6. The zero-order chi connectivity index (χ0) is 19.6. The summed E-state index contributed by atoms with van der Waals surface area (Å²) in [6, 6.07) is 27.7. The molecular formula is C24H25NO2S. The van der Waals surface area contributed by atoms with Gasteiger partial charge < -0.3 is 10.1 Å². The van der Waals surface area contributed by atoms with Crippen LogP contribution in [-0.2, 0) is 0 Å². The number of hydrogen-bond donors (Lipinski definition) is 1. The number of carbonyl (C=O) groups excluding carboxylic acids is 1. The fourth-order valence-electron chi connectivity index (χ4n) is 2.89. The molecule has 4 heteroatoms. The number of thioether (sulfide) groups is 1. The summed E-state index contributed by atoms with van der Waals surface area (Å²) in [5, 5.41) is 3.11. The van der Waals surface area contributed by atoms with Crippen LogP contribution in [0.1, 0.15) is 35.3 Å². The van der Waals surface area contributed by atoms with E-state index in [-0.39, 0.29) is 11.9 Å². The molecule has 0 aliphatic carbocycles. The average Bonchev–Trinajstić information content (AvgIpc) is 2.76. The van der Waals surface area contributed by atoms with Gasteiger partial charge in [0.1, 0.15) is 5.75 Å². The molecule has 1 atom stereocenters. The fourth-order valence-corrected chi connectivity index (χ4v) is 3.64. The van der Waals surface area contributed by atoms with Crippen LogP contribution in [0.3, 0.4) is 0 Å². The second-order valence-corrected chi connectivity index (χ2v) is 7.55. The van der Waals surface area contributed by atoms with Crippen molar-refractivity contribution in [2.45, 2.75) is 24.3 Å². The first kappa shape index (κ1) is 20.0. The van der Waals surface area contributed by atoms with Crippen molar-refractivity contribution >= 4 is 17.7 Å². The van der Waals surface area contributed by atoms with Crippen LogP contribution in [0.4, 0.5) is 0 Å². The average molecular weight is 392 g/mol. The van der Waals surface area contributed by atoms with Gasteiger partial charge in [-0.2, -0.15) is 0 Å². The summed E-state index contributed by atoms with van der Waals surface area (Å²) in [7, 11) is 0. The third kappa shape index (κ3) is 5.89. The first-order valence-corrected chi connectivity index (χ1v) is 10.5. The van der Waals surface area contributed by atoms with Gasteiger partial charge in [0.05, 0.1) is 12.6 Å². The van der Waals surface area contributed by atoms with Crippen molar-refractivity contribution in [3.63, 3.8) is 0 Å². The molecule has 0 aliphatic rings. The van der Waals surface area contributed by atoms with Gasteiger partial charge in [-0.25, -0.2) is 0 Å². The van der Waals surface area contributed by atoms with Gasteiger partial charge in [-0.1, -0.05) is 55.5 Å². The second kappa shape index (κ2) is 10.6. The number of carbonyl (C=O) groups is 1. The van der Waals surface area contributed by atoms with Crippen LogP contribution in [-0.4, -0.2) is 18.3 Å². The summed E-state index contributed by atoms with van der Waals surface area (Å²) in [5.41, 5.74) is 1.76. The van der Waals surface area contributed by atoms with Crippen molar-refractivity contribution in [2.24, 2.45) is 0 Å². The molecule has 0 aliphatic heterocycles. The molecule has 0 fully saturated rings. The molecule has 0 bridgehead atoms. The van der Waals surface area contributed by atoms with E-state index in [4.69, 9.17) is 4.74 Å². The Bertz CT molecular complexity index is 851. The van der Waals surface area contributed by atoms with Gasteiger partial charge in [-0.05, 0) is 48.4 Å². The lowest BCUT2D eigenvalue weighted by atomic mass is 10.0. The summed E-state index contributed by atoms with van der Waals surface area (Å²) in [5.74, 6) is 1.59. The van der Waals surface area contributed by atoms with Crippen LogP contribution in [0, 0.1) is 0 Å². The number of hydrogen-bond acceptors (Lipinski definition) is 3. The summed E-state index contributed by atoms with van der Waals surface area (Å²) in [6.45, 7) is 2.69. The summed E-state index contributed by atoms with van der Waals surface area (Å²) in [4.78, 5) is 13.8. The number of rotatable bonds is 9. The summed E-state index contributed by atoms with van der Waals surface area (Å²) >= 11 is 1.77. The Balaban J connectivity index is 1.48. The minimum atomic E-state index is -0.0677. The minimum Gasteiger partial charge on any atom is -0.493 e. The highest BCUT2D eigenvalue weighted by Crippen LogP contribution is 2.19. The summed E-state index contributed by atoms with van der Waals surface area (Å²) < 4.78 is 5.78. The van der Waals surface area contributed by atoms with Crippen molar-refractivity contribution in [1.82, 2.24) is 5.32 Å². The van der Waals surface area contributed by atoms with E-state index >= 15 is 0 Å². The molecule has 3 aromatic rings. The number of nitrogens with one attached hydrogen (secondary N) is 1. The second-order valence-electron chi connectivity index (χ2n) is 6.38. The topological polar surface area (TPSA) is 38.3 Å². The molecule has 3 aromatic carbocycles. The highest BCUT2D eigenvalue weighted by molar-refractivity contribution is 7.99. The number of benzene rings is 3. The first-order chi connectivity index (χ1) is 13.8. The van der Waals surface area contributed by atoms with E-state index in [2.05, 4.69) is 24.4 Å². The van der Waals surface area contributed by atoms with Crippen LogP contribution in [0.15, 0.2) is 89.8 Å². The van der Waals surface area contributed by atoms with E-state index in [1.54, 1.807) is 11.8 Å². The van der Waals surface area contributed by atoms with Crippen molar-refractivity contribution in [3.8, 4) is 5.75 Å². The highest BCUT2D eigenvalue weighted by Gasteiger charge is 2.13. The van der Waals surface area contributed by atoms with Crippen molar-refractivity contribution in [3.05, 3.63) is 96.1 Å². The summed E-state index contributed by atoms with van der Waals surface area (Å²) in [6.07, 6.45) is 0.843. The van der Waals surface area contributed by atoms with E-state index in [9.17, 15) is 4.79 Å². The molecule has 0 saturated carbocycles. The predicted molar refractivity (Wildman–Crippen MR) is 116 cm³/mol. The zero-order valence-electron chi connectivity index (χ0n) is 16.0. The van der Waals surface area contributed by atoms with E-state index in [0.717, 1.165) is 23.5 Å².